The SMILES string of the molecule is CCCCOc1ccc(C(=O)/C(=C/c2cc(OC)ccc2OC)c2nc3ccccc3o2)cc1. The van der Waals surface area contributed by atoms with E-state index in [4.69, 9.17) is 18.6 Å². The number of benzene rings is 3. The molecule has 0 aliphatic rings. The molecule has 0 aliphatic carbocycles. The predicted molar refractivity (Wildman–Crippen MR) is 133 cm³/mol. The van der Waals surface area contributed by atoms with Crippen LogP contribution < -0.4 is 14.2 Å². The molecule has 4 aromatic rings. The van der Waals surface area contributed by atoms with Crippen molar-refractivity contribution < 1.29 is 23.4 Å². The van der Waals surface area contributed by atoms with E-state index in [1.807, 2.05) is 24.3 Å². The average molecular weight is 458 g/mol. The monoisotopic (exact) mass is 457 g/mol. The van der Waals surface area contributed by atoms with Crippen molar-refractivity contribution in [3.05, 3.63) is 83.7 Å². The van der Waals surface area contributed by atoms with E-state index >= 15 is 0 Å². The molecule has 4 rings (SSSR count). The number of nitrogens with zero attached hydrogens (tertiary/aromatic N) is 1. The molecule has 1 heterocycles. The molecule has 0 N–H and O–H groups in total. The Morgan fingerprint density at radius 1 is 0.971 bits per heavy atom. The van der Waals surface area contributed by atoms with E-state index in [0.717, 1.165) is 18.6 Å². The first-order chi connectivity index (χ1) is 16.6. The van der Waals surface area contributed by atoms with Crippen LogP contribution in [0.1, 0.15) is 41.6 Å². The Morgan fingerprint density at radius 2 is 1.74 bits per heavy atom. The lowest BCUT2D eigenvalue weighted by Gasteiger charge is -2.10. The molecule has 174 valence electrons. The Kier molecular flexibility index (Phi) is 7.28. The summed E-state index contributed by atoms with van der Waals surface area (Å²) < 4.78 is 22.6. The molecule has 0 unspecified atom stereocenters. The molecular formula is C28H27NO5. The van der Waals surface area contributed by atoms with Crippen LogP contribution in [-0.4, -0.2) is 31.6 Å². The summed E-state index contributed by atoms with van der Waals surface area (Å²) in [6, 6.07) is 19.9. The number of carbonyl (C=O) groups excluding carboxylic acids is 1. The number of carbonyl (C=O) groups is 1. The van der Waals surface area contributed by atoms with Gasteiger partial charge in [0.05, 0.1) is 26.4 Å². The molecule has 34 heavy (non-hydrogen) atoms. The van der Waals surface area contributed by atoms with Crippen molar-refractivity contribution >= 4 is 28.5 Å². The molecule has 6 nitrogen and oxygen atoms in total. The van der Waals surface area contributed by atoms with Crippen LogP contribution in [0, 0.1) is 0 Å². The first-order valence-corrected chi connectivity index (χ1v) is 11.2. The van der Waals surface area contributed by atoms with Crippen molar-refractivity contribution in [2.45, 2.75) is 19.8 Å². The van der Waals surface area contributed by atoms with Gasteiger partial charge >= 0.3 is 0 Å². The van der Waals surface area contributed by atoms with Crippen molar-refractivity contribution in [3.8, 4) is 17.2 Å². The van der Waals surface area contributed by atoms with Gasteiger partial charge in [-0.2, -0.15) is 0 Å². The second-order valence-corrected chi connectivity index (χ2v) is 7.71. The molecule has 0 fully saturated rings. The molecule has 1 aromatic heterocycles. The molecule has 0 aliphatic heterocycles. The number of fused-ring (bicyclic) bond motifs is 1. The summed E-state index contributed by atoms with van der Waals surface area (Å²) in [6.07, 6.45) is 3.76. The van der Waals surface area contributed by atoms with Crippen LogP contribution in [0.5, 0.6) is 17.2 Å². The van der Waals surface area contributed by atoms with Gasteiger partial charge in [0.25, 0.3) is 0 Å². The molecule has 0 amide bonds. The number of hydrogen-bond acceptors (Lipinski definition) is 6. The van der Waals surface area contributed by atoms with Crippen LogP contribution in [0.4, 0.5) is 0 Å². The number of rotatable bonds is 10. The van der Waals surface area contributed by atoms with Gasteiger partial charge in [0.1, 0.15) is 22.8 Å². The third-order valence-electron chi connectivity index (χ3n) is 5.39. The van der Waals surface area contributed by atoms with Gasteiger partial charge in [0, 0.05) is 11.1 Å². The quantitative estimate of drug-likeness (QED) is 0.155. The third kappa shape index (κ3) is 5.12. The summed E-state index contributed by atoms with van der Waals surface area (Å²) in [4.78, 5) is 18.2. The zero-order chi connectivity index (χ0) is 23.9. The zero-order valence-corrected chi connectivity index (χ0v) is 19.5. The van der Waals surface area contributed by atoms with Crippen LogP contribution in [0.25, 0.3) is 22.7 Å². The van der Waals surface area contributed by atoms with Gasteiger partial charge in [0.2, 0.25) is 5.89 Å². The molecule has 0 radical (unpaired) electrons. The van der Waals surface area contributed by atoms with E-state index in [9.17, 15) is 4.79 Å². The summed E-state index contributed by atoms with van der Waals surface area (Å²) in [5, 5.41) is 0. The number of ether oxygens (including phenoxy) is 3. The van der Waals surface area contributed by atoms with Gasteiger partial charge in [-0.3, -0.25) is 4.79 Å². The number of unbranched alkanes of at least 4 members (excludes halogenated alkanes) is 1. The highest BCUT2D eigenvalue weighted by molar-refractivity contribution is 6.31. The van der Waals surface area contributed by atoms with Crippen molar-refractivity contribution in [1.82, 2.24) is 4.98 Å². The highest BCUT2D eigenvalue weighted by atomic mass is 16.5. The summed E-state index contributed by atoms with van der Waals surface area (Å²) >= 11 is 0. The fourth-order valence-corrected chi connectivity index (χ4v) is 3.51. The van der Waals surface area contributed by atoms with Gasteiger partial charge in [-0.1, -0.05) is 25.5 Å². The largest absolute Gasteiger partial charge is 0.497 e. The van der Waals surface area contributed by atoms with Gasteiger partial charge in [-0.05, 0) is 67.1 Å². The number of allylic oxidation sites excluding steroid dienone is 1. The third-order valence-corrected chi connectivity index (χ3v) is 5.39. The van der Waals surface area contributed by atoms with E-state index in [2.05, 4.69) is 11.9 Å². The summed E-state index contributed by atoms with van der Waals surface area (Å²) in [6.45, 7) is 2.76. The number of para-hydroxylation sites is 2. The number of ketones is 1. The Labute approximate surface area is 198 Å². The smallest absolute Gasteiger partial charge is 0.231 e. The van der Waals surface area contributed by atoms with E-state index in [-0.39, 0.29) is 11.7 Å². The number of Topliss-reactive ketones (excluding diaryl/α,β-unsaturated/α-hetero) is 1. The minimum absolute atomic E-state index is 0.225. The van der Waals surface area contributed by atoms with Gasteiger partial charge in [0.15, 0.2) is 11.4 Å². The second-order valence-electron chi connectivity index (χ2n) is 7.71. The highest BCUT2D eigenvalue weighted by Gasteiger charge is 2.21. The first kappa shape index (κ1) is 23.1. The fourth-order valence-electron chi connectivity index (χ4n) is 3.51. The van der Waals surface area contributed by atoms with Gasteiger partial charge < -0.3 is 18.6 Å². The molecule has 0 atom stereocenters. The Hall–Kier alpha value is -4.06. The molecule has 0 spiro atoms. The predicted octanol–water partition coefficient (Wildman–Crippen LogP) is 6.45. The number of methoxy groups -OCH3 is 2. The van der Waals surface area contributed by atoms with Crippen LogP contribution in [-0.2, 0) is 0 Å². The van der Waals surface area contributed by atoms with E-state index in [1.165, 1.54) is 0 Å². The summed E-state index contributed by atoms with van der Waals surface area (Å²) in [7, 11) is 3.17. The fraction of sp³-hybridized carbons (Fsp3) is 0.214. The lowest BCUT2D eigenvalue weighted by Crippen LogP contribution is -2.04. The zero-order valence-electron chi connectivity index (χ0n) is 19.5. The van der Waals surface area contributed by atoms with Crippen molar-refractivity contribution in [2.75, 3.05) is 20.8 Å². The van der Waals surface area contributed by atoms with E-state index < -0.39 is 0 Å². The lowest BCUT2D eigenvalue weighted by atomic mass is 10.00. The molecule has 0 saturated carbocycles. The van der Waals surface area contributed by atoms with Gasteiger partial charge in [-0.25, -0.2) is 4.98 Å². The van der Waals surface area contributed by atoms with Crippen LogP contribution in [0.2, 0.25) is 0 Å². The van der Waals surface area contributed by atoms with Crippen LogP contribution >= 0.6 is 0 Å². The standard InChI is InChI=1S/C28H27NO5/c1-4-5-16-33-21-12-10-19(11-13-21)27(30)23(28-29-24-8-6-7-9-26(24)34-28)18-20-17-22(31-2)14-15-25(20)32-3/h6-15,17-18H,4-5,16H2,1-3H3/b23-18-. The maximum absolute atomic E-state index is 13.7. The Morgan fingerprint density at radius 3 is 2.44 bits per heavy atom. The van der Waals surface area contributed by atoms with Gasteiger partial charge in [-0.15, -0.1) is 0 Å². The highest BCUT2D eigenvalue weighted by Crippen LogP contribution is 2.31. The second kappa shape index (κ2) is 10.7. The summed E-state index contributed by atoms with van der Waals surface area (Å²) in [5.41, 5.74) is 2.76. The van der Waals surface area contributed by atoms with Crippen LogP contribution in [0.3, 0.4) is 0 Å². The maximum Gasteiger partial charge on any atom is 0.231 e. The maximum atomic E-state index is 13.7. The first-order valence-electron chi connectivity index (χ1n) is 11.2. The minimum Gasteiger partial charge on any atom is -0.497 e. The number of oxazole rings is 1. The van der Waals surface area contributed by atoms with Crippen molar-refractivity contribution in [2.24, 2.45) is 0 Å². The van der Waals surface area contributed by atoms with Crippen molar-refractivity contribution in [1.29, 1.82) is 0 Å². The molecule has 3 aromatic carbocycles. The molecule has 0 saturated heterocycles. The minimum atomic E-state index is -0.225. The average Bonchev–Trinajstić information content (AvgIpc) is 3.31. The van der Waals surface area contributed by atoms with E-state index in [0.29, 0.717) is 45.9 Å². The molecule has 0 bridgehead atoms. The summed E-state index contributed by atoms with van der Waals surface area (Å²) in [5.74, 6) is 1.98. The molecule has 6 heteroatoms. The van der Waals surface area contributed by atoms with E-state index in [1.54, 1.807) is 62.8 Å². The number of aromatic nitrogens is 1. The topological polar surface area (TPSA) is 70.8 Å². The molecular weight excluding hydrogens is 430 g/mol. The lowest BCUT2D eigenvalue weighted by molar-refractivity contribution is 0.105. The normalized spacial score (nSPS) is 11.4. The Balaban J connectivity index is 1.77. The van der Waals surface area contributed by atoms with Crippen molar-refractivity contribution in [3.63, 3.8) is 0 Å². The van der Waals surface area contributed by atoms with Crippen LogP contribution in [0.15, 0.2) is 71.1 Å². The number of hydrogen-bond donors (Lipinski definition) is 0. The Bertz CT molecular complexity index is 1270.